The molecule has 2 aromatic carbocycles. The molecule has 1 saturated heterocycles. The predicted molar refractivity (Wildman–Crippen MR) is 99.5 cm³/mol. The van der Waals surface area contributed by atoms with Gasteiger partial charge in [-0.25, -0.2) is 4.39 Å². The van der Waals surface area contributed by atoms with Crippen molar-refractivity contribution in [2.75, 3.05) is 24.5 Å². The van der Waals surface area contributed by atoms with Crippen LogP contribution in [0.25, 0.3) is 0 Å². The number of halogens is 1. The molecule has 0 bridgehead atoms. The second-order valence-electron chi connectivity index (χ2n) is 6.74. The molecule has 4 rings (SSSR count). The van der Waals surface area contributed by atoms with E-state index in [1.165, 1.54) is 22.6 Å². The molecule has 2 unspecified atom stereocenters. The van der Waals surface area contributed by atoms with Crippen LogP contribution in [0.15, 0.2) is 53.4 Å². The van der Waals surface area contributed by atoms with Gasteiger partial charge in [0.25, 0.3) is 0 Å². The van der Waals surface area contributed by atoms with Crippen molar-refractivity contribution in [1.82, 2.24) is 5.32 Å². The highest BCUT2D eigenvalue weighted by Crippen LogP contribution is 2.36. The van der Waals surface area contributed by atoms with Crippen molar-refractivity contribution in [3.8, 4) is 0 Å². The molecule has 0 spiro atoms. The van der Waals surface area contributed by atoms with Crippen LogP contribution in [0.2, 0.25) is 0 Å². The number of carbonyl (C=O) groups is 1. The summed E-state index contributed by atoms with van der Waals surface area (Å²) < 4.78 is 13.0. The van der Waals surface area contributed by atoms with E-state index in [1.807, 2.05) is 24.3 Å². The molecule has 0 aliphatic carbocycles. The molecule has 2 aromatic rings. The highest BCUT2D eigenvalue weighted by atomic mass is 32.2. The number of fused-ring (bicyclic) bond motifs is 1. The minimum absolute atomic E-state index is 0.00740. The second kappa shape index (κ2) is 7.08. The van der Waals surface area contributed by atoms with Crippen LogP contribution in [0, 0.1) is 11.7 Å². The minimum atomic E-state index is -0.207. The molecule has 0 aromatic heterocycles. The molecule has 5 heteroatoms. The van der Waals surface area contributed by atoms with E-state index in [9.17, 15) is 9.18 Å². The van der Waals surface area contributed by atoms with E-state index in [4.69, 9.17) is 0 Å². The molecule has 130 valence electrons. The molecular weight excluding hydrogens is 335 g/mol. The van der Waals surface area contributed by atoms with E-state index in [-0.39, 0.29) is 17.0 Å². The molecule has 2 aliphatic rings. The van der Waals surface area contributed by atoms with Gasteiger partial charge < -0.3 is 10.2 Å². The Morgan fingerprint density at radius 1 is 1.20 bits per heavy atom. The zero-order chi connectivity index (χ0) is 17.2. The summed E-state index contributed by atoms with van der Waals surface area (Å²) in [5.41, 5.74) is 2.33. The van der Waals surface area contributed by atoms with Crippen molar-refractivity contribution >= 4 is 23.4 Å². The minimum Gasteiger partial charge on any atom is -0.371 e. The summed E-state index contributed by atoms with van der Waals surface area (Å²) in [7, 11) is 0. The Morgan fingerprint density at radius 2 is 2.00 bits per heavy atom. The molecule has 1 fully saturated rings. The molecule has 25 heavy (non-hydrogen) atoms. The maximum atomic E-state index is 13.0. The number of thioether (sulfide) groups is 1. The topological polar surface area (TPSA) is 32.3 Å². The third kappa shape index (κ3) is 3.66. The molecule has 1 amide bonds. The highest BCUT2D eigenvalue weighted by Gasteiger charge is 2.29. The lowest BCUT2D eigenvalue weighted by atomic mass is 10.1. The number of anilines is 1. The van der Waals surface area contributed by atoms with Gasteiger partial charge in [-0.3, -0.25) is 4.79 Å². The van der Waals surface area contributed by atoms with Crippen molar-refractivity contribution < 1.29 is 9.18 Å². The third-order valence-corrected chi connectivity index (χ3v) is 6.30. The van der Waals surface area contributed by atoms with Gasteiger partial charge in [0.15, 0.2) is 0 Å². The average molecular weight is 356 g/mol. The lowest BCUT2D eigenvalue weighted by molar-refractivity contribution is -0.120. The first-order chi connectivity index (χ1) is 12.2. The fraction of sp³-hybridized carbons (Fsp3) is 0.350. The van der Waals surface area contributed by atoms with Gasteiger partial charge in [0, 0.05) is 30.2 Å². The van der Waals surface area contributed by atoms with E-state index in [2.05, 4.69) is 22.3 Å². The van der Waals surface area contributed by atoms with Crippen molar-refractivity contribution in [2.45, 2.75) is 23.0 Å². The SMILES string of the molecule is O=C(NCC1CCN(c2ccc(F)cc2)C1)C1Cc2ccccc2S1. The normalized spacial score (nSPS) is 22.0. The summed E-state index contributed by atoms with van der Waals surface area (Å²) in [6.07, 6.45) is 1.87. The van der Waals surface area contributed by atoms with Gasteiger partial charge in [0.2, 0.25) is 5.91 Å². The molecule has 1 N–H and O–H groups in total. The summed E-state index contributed by atoms with van der Waals surface area (Å²) in [5.74, 6) is 0.381. The maximum absolute atomic E-state index is 13.0. The summed E-state index contributed by atoms with van der Waals surface area (Å²) in [4.78, 5) is 16.0. The smallest absolute Gasteiger partial charge is 0.233 e. The average Bonchev–Trinajstić information content (AvgIpc) is 3.27. The lowest BCUT2D eigenvalue weighted by Gasteiger charge is -2.19. The number of hydrogen-bond acceptors (Lipinski definition) is 3. The molecular formula is C20H21FN2OS. The Morgan fingerprint density at radius 3 is 2.80 bits per heavy atom. The van der Waals surface area contributed by atoms with Crippen LogP contribution in [0.4, 0.5) is 10.1 Å². The monoisotopic (exact) mass is 356 g/mol. The summed E-state index contributed by atoms with van der Waals surface area (Å²) in [6.45, 7) is 2.57. The number of carbonyl (C=O) groups excluding carboxylic acids is 1. The zero-order valence-electron chi connectivity index (χ0n) is 14.0. The van der Waals surface area contributed by atoms with E-state index in [0.717, 1.165) is 31.6 Å². The Bertz CT molecular complexity index is 740. The van der Waals surface area contributed by atoms with E-state index >= 15 is 0 Å². The zero-order valence-corrected chi connectivity index (χ0v) is 14.8. The quantitative estimate of drug-likeness (QED) is 0.910. The predicted octanol–water partition coefficient (Wildman–Crippen LogP) is 3.49. The number of rotatable bonds is 4. The first-order valence-electron chi connectivity index (χ1n) is 8.72. The Labute approximate surface area is 151 Å². The van der Waals surface area contributed by atoms with E-state index in [1.54, 1.807) is 11.8 Å². The van der Waals surface area contributed by atoms with Gasteiger partial charge in [0.1, 0.15) is 5.82 Å². The fourth-order valence-electron chi connectivity index (χ4n) is 3.57. The van der Waals surface area contributed by atoms with Crippen LogP contribution in [0.1, 0.15) is 12.0 Å². The summed E-state index contributed by atoms with van der Waals surface area (Å²) >= 11 is 1.67. The number of hydrogen-bond donors (Lipinski definition) is 1. The van der Waals surface area contributed by atoms with Crippen molar-refractivity contribution in [3.05, 3.63) is 59.9 Å². The van der Waals surface area contributed by atoms with Crippen LogP contribution in [-0.4, -0.2) is 30.8 Å². The number of benzene rings is 2. The highest BCUT2D eigenvalue weighted by molar-refractivity contribution is 8.01. The Kier molecular flexibility index (Phi) is 4.66. The largest absolute Gasteiger partial charge is 0.371 e. The van der Waals surface area contributed by atoms with Gasteiger partial charge >= 0.3 is 0 Å². The van der Waals surface area contributed by atoms with Crippen LogP contribution in [-0.2, 0) is 11.2 Å². The maximum Gasteiger partial charge on any atom is 0.233 e. The molecule has 2 heterocycles. The number of nitrogens with zero attached hydrogens (tertiary/aromatic N) is 1. The van der Waals surface area contributed by atoms with Gasteiger partial charge in [-0.05, 0) is 54.7 Å². The van der Waals surface area contributed by atoms with Gasteiger partial charge in [-0.15, -0.1) is 11.8 Å². The van der Waals surface area contributed by atoms with Crippen LogP contribution >= 0.6 is 11.8 Å². The fourth-order valence-corrected chi connectivity index (χ4v) is 4.79. The lowest BCUT2D eigenvalue weighted by Crippen LogP contribution is -2.36. The van der Waals surface area contributed by atoms with Gasteiger partial charge in [-0.1, -0.05) is 18.2 Å². The molecule has 0 radical (unpaired) electrons. The van der Waals surface area contributed by atoms with Crippen molar-refractivity contribution in [1.29, 1.82) is 0 Å². The number of amides is 1. The molecule has 3 nitrogen and oxygen atoms in total. The second-order valence-corrected chi connectivity index (χ2v) is 7.99. The van der Waals surface area contributed by atoms with E-state index < -0.39 is 0 Å². The van der Waals surface area contributed by atoms with Crippen molar-refractivity contribution in [2.24, 2.45) is 5.92 Å². The molecule has 0 saturated carbocycles. The first-order valence-corrected chi connectivity index (χ1v) is 9.60. The summed E-state index contributed by atoms with van der Waals surface area (Å²) in [5, 5.41) is 3.13. The summed E-state index contributed by atoms with van der Waals surface area (Å²) in [6, 6.07) is 14.9. The van der Waals surface area contributed by atoms with Crippen molar-refractivity contribution in [3.63, 3.8) is 0 Å². The van der Waals surface area contributed by atoms with Gasteiger partial charge in [-0.2, -0.15) is 0 Å². The van der Waals surface area contributed by atoms with Crippen LogP contribution in [0.3, 0.4) is 0 Å². The standard InChI is InChI=1S/C20H21FN2OS/c21-16-5-7-17(8-6-16)23-10-9-14(13-23)12-22-20(24)19-11-15-3-1-2-4-18(15)25-19/h1-8,14,19H,9-13H2,(H,22,24). The Hall–Kier alpha value is -2.01. The van der Waals surface area contributed by atoms with Gasteiger partial charge in [0.05, 0.1) is 5.25 Å². The molecule has 2 atom stereocenters. The molecule has 2 aliphatic heterocycles. The van der Waals surface area contributed by atoms with Crippen LogP contribution in [0.5, 0.6) is 0 Å². The first kappa shape index (κ1) is 16.5. The Balaban J connectivity index is 1.27. The number of nitrogens with one attached hydrogen (secondary N) is 1. The van der Waals surface area contributed by atoms with E-state index in [0.29, 0.717) is 12.5 Å². The third-order valence-electron chi connectivity index (χ3n) is 4.98. The van der Waals surface area contributed by atoms with Crippen LogP contribution < -0.4 is 10.2 Å².